The van der Waals surface area contributed by atoms with Gasteiger partial charge in [-0.1, -0.05) is 30.3 Å². The fourth-order valence-electron chi connectivity index (χ4n) is 1.88. The smallest absolute Gasteiger partial charge is 0.221 e. The van der Waals surface area contributed by atoms with Crippen LogP contribution < -0.4 is 5.32 Å². The highest BCUT2D eigenvalue weighted by atomic mass is 32.2. The SMILES string of the molecule is CC(=O)Nc1ccc(SCC(=O)Cc2ccccc2)cc1. The third-order valence-corrected chi connectivity index (χ3v) is 3.89. The van der Waals surface area contributed by atoms with Gasteiger partial charge in [0.1, 0.15) is 5.78 Å². The first-order chi connectivity index (χ1) is 10.1. The Bertz CT molecular complexity index is 608. The van der Waals surface area contributed by atoms with Gasteiger partial charge in [0, 0.05) is 23.9 Å². The standard InChI is InChI=1S/C17H17NO2S/c1-13(19)18-15-7-9-17(10-8-15)21-12-16(20)11-14-5-3-2-4-6-14/h2-10H,11-12H2,1H3,(H,18,19). The van der Waals surface area contributed by atoms with Crippen LogP contribution in [0.2, 0.25) is 0 Å². The lowest BCUT2D eigenvalue weighted by molar-refractivity contribution is -0.116. The molecule has 1 amide bonds. The number of amides is 1. The van der Waals surface area contributed by atoms with Crippen LogP contribution in [0.15, 0.2) is 59.5 Å². The van der Waals surface area contributed by atoms with Crippen LogP contribution in [0.1, 0.15) is 12.5 Å². The van der Waals surface area contributed by atoms with E-state index in [2.05, 4.69) is 5.32 Å². The molecule has 0 aromatic heterocycles. The number of carbonyl (C=O) groups is 2. The number of hydrogen-bond acceptors (Lipinski definition) is 3. The van der Waals surface area contributed by atoms with Gasteiger partial charge in [-0.3, -0.25) is 9.59 Å². The van der Waals surface area contributed by atoms with Gasteiger partial charge in [-0.15, -0.1) is 11.8 Å². The van der Waals surface area contributed by atoms with Crippen molar-refractivity contribution in [2.24, 2.45) is 0 Å². The second-order valence-electron chi connectivity index (χ2n) is 4.70. The Kier molecular flexibility index (Phi) is 5.58. The lowest BCUT2D eigenvalue weighted by atomic mass is 10.1. The second-order valence-corrected chi connectivity index (χ2v) is 5.74. The number of hydrogen-bond donors (Lipinski definition) is 1. The molecular formula is C17H17NO2S. The van der Waals surface area contributed by atoms with Crippen LogP contribution in [0.25, 0.3) is 0 Å². The average Bonchev–Trinajstić information content (AvgIpc) is 2.47. The minimum Gasteiger partial charge on any atom is -0.326 e. The molecule has 0 aliphatic rings. The van der Waals surface area contributed by atoms with E-state index < -0.39 is 0 Å². The van der Waals surface area contributed by atoms with E-state index in [4.69, 9.17) is 0 Å². The van der Waals surface area contributed by atoms with Crippen molar-refractivity contribution >= 4 is 29.1 Å². The fourth-order valence-corrected chi connectivity index (χ4v) is 2.63. The Morgan fingerprint density at radius 1 is 1.00 bits per heavy atom. The predicted molar refractivity (Wildman–Crippen MR) is 86.6 cm³/mol. The highest BCUT2D eigenvalue weighted by Crippen LogP contribution is 2.20. The summed E-state index contributed by atoms with van der Waals surface area (Å²) in [4.78, 5) is 23.9. The van der Waals surface area contributed by atoms with Crippen LogP contribution in [-0.2, 0) is 16.0 Å². The molecular weight excluding hydrogens is 282 g/mol. The molecule has 108 valence electrons. The zero-order valence-corrected chi connectivity index (χ0v) is 12.7. The van der Waals surface area contributed by atoms with E-state index in [-0.39, 0.29) is 11.7 Å². The molecule has 0 radical (unpaired) electrons. The van der Waals surface area contributed by atoms with Crippen molar-refractivity contribution in [3.05, 3.63) is 60.2 Å². The van der Waals surface area contributed by atoms with E-state index in [0.717, 1.165) is 16.1 Å². The third kappa shape index (κ3) is 5.44. The number of carbonyl (C=O) groups excluding carboxylic acids is 2. The minimum atomic E-state index is -0.0894. The van der Waals surface area contributed by atoms with Gasteiger partial charge >= 0.3 is 0 Å². The lowest BCUT2D eigenvalue weighted by Crippen LogP contribution is -2.06. The molecule has 3 nitrogen and oxygen atoms in total. The fraction of sp³-hybridized carbons (Fsp3) is 0.176. The molecule has 0 unspecified atom stereocenters. The zero-order valence-electron chi connectivity index (χ0n) is 11.8. The maximum absolute atomic E-state index is 11.9. The number of nitrogens with one attached hydrogen (secondary N) is 1. The number of benzene rings is 2. The first kappa shape index (κ1) is 15.3. The molecule has 0 atom stereocenters. The summed E-state index contributed by atoms with van der Waals surface area (Å²) in [5.41, 5.74) is 1.81. The zero-order chi connectivity index (χ0) is 15.1. The molecule has 0 saturated carbocycles. The normalized spacial score (nSPS) is 10.1. The monoisotopic (exact) mass is 299 g/mol. The number of ketones is 1. The Morgan fingerprint density at radius 2 is 1.67 bits per heavy atom. The first-order valence-electron chi connectivity index (χ1n) is 6.69. The Morgan fingerprint density at radius 3 is 2.29 bits per heavy atom. The predicted octanol–water partition coefficient (Wildman–Crippen LogP) is 3.55. The van der Waals surface area contributed by atoms with Gasteiger partial charge < -0.3 is 5.32 Å². The molecule has 4 heteroatoms. The number of rotatable bonds is 6. The van der Waals surface area contributed by atoms with Crippen molar-refractivity contribution in [1.29, 1.82) is 0 Å². The number of thioether (sulfide) groups is 1. The van der Waals surface area contributed by atoms with Crippen LogP contribution in [0.3, 0.4) is 0 Å². The van der Waals surface area contributed by atoms with E-state index in [1.165, 1.54) is 18.7 Å². The van der Waals surface area contributed by atoms with Gasteiger partial charge in [0.05, 0.1) is 5.75 Å². The summed E-state index contributed by atoms with van der Waals surface area (Å²) < 4.78 is 0. The van der Waals surface area contributed by atoms with Crippen LogP contribution >= 0.6 is 11.8 Å². The van der Waals surface area contributed by atoms with Crippen LogP contribution in [0.5, 0.6) is 0 Å². The summed E-state index contributed by atoms with van der Waals surface area (Å²) in [5, 5.41) is 2.71. The molecule has 0 bridgehead atoms. The van der Waals surface area contributed by atoms with Gasteiger partial charge in [0.2, 0.25) is 5.91 Å². The minimum absolute atomic E-state index is 0.0894. The van der Waals surface area contributed by atoms with E-state index in [0.29, 0.717) is 12.2 Å². The molecule has 0 saturated heterocycles. The Labute approximate surface area is 128 Å². The number of Topliss-reactive ketones (excluding diaryl/α,β-unsaturated/α-hetero) is 1. The van der Waals surface area contributed by atoms with Gasteiger partial charge in [-0.2, -0.15) is 0 Å². The molecule has 0 heterocycles. The van der Waals surface area contributed by atoms with Gasteiger partial charge in [-0.25, -0.2) is 0 Å². The molecule has 0 aliphatic carbocycles. The Balaban J connectivity index is 1.82. The van der Waals surface area contributed by atoms with Crippen LogP contribution in [0.4, 0.5) is 5.69 Å². The van der Waals surface area contributed by atoms with Crippen molar-refractivity contribution in [2.45, 2.75) is 18.2 Å². The summed E-state index contributed by atoms with van der Waals surface area (Å²) in [6, 6.07) is 17.2. The van der Waals surface area contributed by atoms with Crippen molar-refractivity contribution < 1.29 is 9.59 Å². The van der Waals surface area contributed by atoms with E-state index in [9.17, 15) is 9.59 Å². The molecule has 21 heavy (non-hydrogen) atoms. The maximum atomic E-state index is 11.9. The first-order valence-corrected chi connectivity index (χ1v) is 7.68. The van der Waals surface area contributed by atoms with E-state index in [1.807, 2.05) is 54.6 Å². The maximum Gasteiger partial charge on any atom is 0.221 e. The quantitative estimate of drug-likeness (QED) is 0.830. The topological polar surface area (TPSA) is 46.2 Å². The van der Waals surface area contributed by atoms with E-state index in [1.54, 1.807) is 0 Å². The average molecular weight is 299 g/mol. The molecule has 0 spiro atoms. The van der Waals surface area contributed by atoms with Gasteiger partial charge in [0.25, 0.3) is 0 Å². The van der Waals surface area contributed by atoms with Crippen molar-refractivity contribution in [3.63, 3.8) is 0 Å². The second kappa shape index (κ2) is 7.64. The third-order valence-electron chi connectivity index (χ3n) is 2.82. The molecule has 0 aliphatic heterocycles. The van der Waals surface area contributed by atoms with E-state index >= 15 is 0 Å². The van der Waals surface area contributed by atoms with Crippen molar-refractivity contribution in [2.75, 3.05) is 11.1 Å². The molecule has 0 fully saturated rings. The molecule has 2 aromatic rings. The van der Waals surface area contributed by atoms with Gasteiger partial charge in [-0.05, 0) is 29.8 Å². The summed E-state index contributed by atoms with van der Waals surface area (Å²) in [7, 11) is 0. The van der Waals surface area contributed by atoms with Crippen molar-refractivity contribution in [3.8, 4) is 0 Å². The van der Waals surface area contributed by atoms with Crippen LogP contribution in [0, 0.1) is 0 Å². The van der Waals surface area contributed by atoms with Crippen molar-refractivity contribution in [1.82, 2.24) is 0 Å². The van der Waals surface area contributed by atoms with Gasteiger partial charge in [0.15, 0.2) is 0 Å². The molecule has 1 N–H and O–H groups in total. The summed E-state index contributed by atoms with van der Waals surface area (Å²) in [6.07, 6.45) is 0.470. The number of anilines is 1. The highest BCUT2D eigenvalue weighted by Gasteiger charge is 2.05. The molecule has 2 aromatic carbocycles. The Hall–Kier alpha value is -2.07. The lowest BCUT2D eigenvalue weighted by Gasteiger charge is -2.04. The summed E-state index contributed by atoms with van der Waals surface area (Å²) >= 11 is 1.51. The summed E-state index contributed by atoms with van der Waals surface area (Å²) in [6.45, 7) is 1.48. The summed E-state index contributed by atoms with van der Waals surface area (Å²) in [5.74, 6) is 0.569. The largest absolute Gasteiger partial charge is 0.326 e. The molecule has 2 rings (SSSR count). The highest BCUT2D eigenvalue weighted by molar-refractivity contribution is 8.00. The van der Waals surface area contributed by atoms with Crippen LogP contribution in [-0.4, -0.2) is 17.4 Å².